The maximum absolute atomic E-state index is 12.3. The fourth-order valence-corrected chi connectivity index (χ4v) is 2.55. The number of rotatable bonds is 6. The monoisotopic (exact) mass is 362 g/mol. The molecule has 1 aromatic rings. The Labute approximate surface area is 138 Å². The van der Waals surface area contributed by atoms with Crippen LogP contribution in [0.15, 0.2) is 36.8 Å². The highest BCUT2D eigenvalue weighted by Crippen LogP contribution is 2.39. The van der Waals surface area contributed by atoms with Crippen LogP contribution in [0.25, 0.3) is 5.57 Å². The third-order valence-corrected chi connectivity index (χ3v) is 4.44. The smallest absolute Gasteiger partial charge is 0.381 e. The van der Waals surface area contributed by atoms with E-state index in [1.54, 1.807) is 6.20 Å². The molecule has 1 aromatic heterocycles. The van der Waals surface area contributed by atoms with Crippen LogP contribution in [0.3, 0.4) is 0 Å². The first-order chi connectivity index (χ1) is 11.0. The van der Waals surface area contributed by atoms with Gasteiger partial charge < -0.3 is 8.75 Å². The standard InChI is InChI=1S/C15H17F3N2O3S/c1-4-11(13-9-20(3)14(19-13)12-7-8-12)6-5-10(2)23-24(21,22)15(16,17)18/h4-6,9,12H,1,7-8H2,2-3H3/b10-5+,11-6+. The normalized spacial score (nSPS) is 17.0. The molecule has 1 saturated carbocycles. The molecule has 0 bridgehead atoms. The second kappa shape index (κ2) is 6.46. The van der Waals surface area contributed by atoms with Crippen LogP contribution in [0, 0.1) is 0 Å². The maximum atomic E-state index is 12.3. The Hall–Kier alpha value is -2.03. The van der Waals surface area contributed by atoms with Crippen LogP contribution < -0.4 is 0 Å². The molecule has 0 aliphatic heterocycles. The van der Waals surface area contributed by atoms with E-state index in [-0.39, 0.29) is 0 Å². The van der Waals surface area contributed by atoms with Crippen LogP contribution in [0.2, 0.25) is 0 Å². The molecule has 0 unspecified atom stereocenters. The third kappa shape index (κ3) is 4.08. The second-order valence-corrected chi connectivity index (χ2v) is 6.99. The Kier molecular flexibility index (Phi) is 4.93. The summed E-state index contributed by atoms with van der Waals surface area (Å²) in [6.45, 7) is 4.76. The van der Waals surface area contributed by atoms with Gasteiger partial charge in [0.2, 0.25) is 0 Å². The van der Waals surface area contributed by atoms with Crippen LogP contribution in [0.4, 0.5) is 13.2 Å². The SMILES string of the molecule is C=C/C(=C\C=C(/C)OS(=O)(=O)C(F)(F)F)c1cn(C)c(C2CC2)n1. The highest BCUT2D eigenvalue weighted by molar-refractivity contribution is 7.87. The number of allylic oxidation sites excluding steroid dienone is 5. The Morgan fingerprint density at radius 3 is 2.54 bits per heavy atom. The first-order valence-corrected chi connectivity index (χ1v) is 8.51. The van der Waals surface area contributed by atoms with Crippen molar-refractivity contribution >= 4 is 15.7 Å². The fourth-order valence-electron chi connectivity index (χ4n) is 2.05. The van der Waals surface area contributed by atoms with Gasteiger partial charge >= 0.3 is 15.6 Å². The van der Waals surface area contributed by atoms with Crippen LogP contribution in [0.1, 0.15) is 37.2 Å². The predicted molar refractivity (Wildman–Crippen MR) is 83.2 cm³/mol. The summed E-state index contributed by atoms with van der Waals surface area (Å²) < 4.78 is 64.6. The minimum absolute atomic E-state index is 0.412. The van der Waals surface area contributed by atoms with Crippen LogP contribution in [0.5, 0.6) is 0 Å². The van der Waals surface area contributed by atoms with Gasteiger partial charge in [0, 0.05) is 24.7 Å². The first-order valence-electron chi connectivity index (χ1n) is 7.10. The largest absolute Gasteiger partial charge is 0.534 e. The Balaban J connectivity index is 2.21. The molecule has 0 spiro atoms. The highest BCUT2D eigenvalue weighted by Gasteiger charge is 2.48. The number of hydrogen-bond acceptors (Lipinski definition) is 4. The van der Waals surface area contributed by atoms with Crippen LogP contribution in [-0.2, 0) is 21.3 Å². The second-order valence-electron chi connectivity index (χ2n) is 5.46. The molecule has 2 rings (SSSR count). The molecule has 1 fully saturated rings. The van der Waals surface area contributed by atoms with Gasteiger partial charge in [-0.1, -0.05) is 12.7 Å². The van der Waals surface area contributed by atoms with Gasteiger partial charge in [0.05, 0.1) is 5.69 Å². The zero-order chi connectivity index (χ0) is 18.1. The molecule has 1 heterocycles. The van der Waals surface area contributed by atoms with Crippen molar-refractivity contribution in [1.82, 2.24) is 9.55 Å². The zero-order valence-electron chi connectivity index (χ0n) is 13.2. The van der Waals surface area contributed by atoms with Crippen molar-refractivity contribution in [3.63, 3.8) is 0 Å². The number of alkyl halides is 3. The van der Waals surface area contributed by atoms with Crippen LogP contribution in [-0.4, -0.2) is 23.5 Å². The summed E-state index contributed by atoms with van der Waals surface area (Å²) in [5.74, 6) is 0.965. The van der Waals surface area contributed by atoms with E-state index < -0.39 is 21.4 Å². The van der Waals surface area contributed by atoms with E-state index in [0.29, 0.717) is 17.2 Å². The lowest BCUT2D eigenvalue weighted by atomic mass is 10.2. The summed E-state index contributed by atoms with van der Waals surface area (Å²) in [6.07, 6.45) is 7.98. The Morgan fingerprint density at radius 1 is 1.42 bits per heavy atom. The lowest BCUT2D eigenvalue weighted by Crippen LogP contribution is -2.24. The third-order valence-electron chi connectivity index (χ3n) is 3.39. The summed E-state index contributed by atoms with van der Waals surface area (Å²) in [6, 6.07) is 0. The molecule has 0 radical (unpaired) electrons. The highest BCUT2D eigenvalue weighted by atomic mass is 32.2. The van der Waals surface area contributed by atoms with Crippen molar-refractivity contribution in [2.75, 3.05) is 0 Å². The van der Waals surface area contributed by atoms with Gasteiger partial charge in [-0.05, 0) is 31.9 Å². The average molecular weight is 362 g/mol. The molecular weight excluding hydrogens is 345 g/mol. The van der Waals surface area contributed by atoms with Crippen molar-refractivity contribution < 1.29 is 25.8 Å². The van der Waals surface area contributed by atoms with E-state index in [1.807, 2.05) is 11.6 Å². The number of nitrogens with zero attached hydrogens (tertiary/aromatic N) is 2. The summed E-state index contributed by atoms with van der Waals surface area (Å²) in [4.78, 5) is 4.49. The molecular formula is C15H17F3N2O3S. The number of aryl methyl sites for hydroxylation is 1. The molecule has 0 aromatic carbocycles. The van der Waals surface area contributed by atoms with Crippen molar-refractivity contribution in [1.29, 1.82) is 0 Å². The number of hydrogen-bond donors (Lipinski definition) is 0. The lowest BCUT2D eigenvalue weighted by Gasteiger charge is -2.08. The molecule has 9 heteroatoms. The van der Waals surface area contributed by atoms with E-state index >= 15 is 0 Å². The number of halogens is 3. The summed E-state index contributed by atoms with van der Waals surface area (Å²) in [7, 11) is -3.80. The van der Waals surface area contributed by atoms with Gasteiger partial charge in [0.15, 0.2) is 0 Å². The van der Waals surface area contributed by atoms with Gasteiger partial charge in [0.1, 0.15) is 11.6 Å². The summed E-state index contributed by atoms with van der Waals surface area (Å²) in [5, 5.41) is 0. The summed E-state index contributed by atoms with van der Waals surface area (Å²) in [5.41, 5.74) is -4.31. The van der Waals surface area contributed by atoms with Crippen molar-refractivity contribution in [3.05, 3.63) is 48.3 Å². The molecule has 132 valence electrons. The maximum Gasteiger partial charge on any atom is 0.534 e. The Bertz CT molecular complexity index is 800. The molecule has 0 amide bonds. The van der Waals surface area contributed by atoms with E-state index in [9.17, 15) is 21.6 Å². The summed E-state index contributed by atoms with van der Waals surface area (Å²) >= 11 is 0. The molecule has 0 N–H and O–H groups in total. The minimum Gasteiger partial charge on any atom is -0.381 e. The molecule has 1 aliphatic rings. The van der Waals surface area contributed by atoms with E-state index in [1.165, 1.54) is 12.2 Å². The van der Waals surface area contributed by atoms with E-state index in [4.69, 9.17) is 0 Å². The first kappa shape index (κ1) is 18.3. The molecule has 5 nitrogen and oxygen atoms in total. The molecule has 0 atom stereocenters. The average Bonchev–Trinajstić information content (AvgIpc) is 3.21. The Morgan fingerprint density at radius 2 is 2.04 bits per heavy atom. The fraction of sp³-hybridized carbons (Fsp3) is 0.400. The minimum atomic E-state index is -5.66. The number of aromatic nitrogens is 2. The van der Waals surface area contributed by atoms with Gasteiger partial charge in [-0.25, -0.2) is 4.98 Å². The van der Waals surface area contributed by atoms with Gasteiger partial charge in [-0.15, -0.1) is 0 Å². The van der Waals surface area contributed by atoms with Crippen molar-refractivity contribution in [2.24, 2.45) is 7.05 Å². The molecule has 24 heavy (non-hydrogen) atoms. The van der Waals surface area contributed by atoms with E-state index in [2.05, 4.69) is 15.7 Å². The number of imidazole rings is 1. The van der Waals surface area contributed by atoms with Crippen molar-refractivity contribution in [2.45, 2.75) is 31.2 Å². The molecule has 0 saturated heterocycles. The van der Waals surface area contributed by atoms with Crippen LogP contribution >= 0.6 is 0 Å². The van der Waals surface area contributed by atoms with Gasteiger partial charge in [-0.3, -0.25) is 0 Å². The van der Waals surface area contributed by atoms with E-state index in [0.717, 1.165) is 31.7 Å². The van der Waals surface area contributed by atoms with Gasteiger partial charge in [-0.2, -0.15) is 21.6 Å². The zero-order valence-corrected chi connectivity index (χ0v) is 14.0. The van der Waals surface area contributed by atoms with Gasteiger partial charge in [0.25, 0.3) is 0 Å². The predicted octanol–water partition coefficient (Wildman–Crippen LogP) is 3.64. The quantitative estimate of drug-likeness (QED) is 0.336. The lowest BCUT2D eigenvalue weighted by molar-refractivity contribution is -0.0521. The van der Waals surface area contributed by atoms with Crippen molar-refractivity contribution in [3.8, 4) is 0 Å². The topological polar surface area (TPSA) is 61.2 Å². The molecule has 1 aliphatic carbocycles.